The Hall–Kier alpha value is -1.81. The molecule has 0 radical (unpaired) electrons. The van der Waals surface area contributed by atoms with Crippen LogP contribution < -0.4 is 10.6 Å². The Kier molecular flexibility index (Phi) is 3.90. The van der Waals surface area contributed by atoms with Crippen molar-refractivity contribution in [2.75, 3.05) is 11.9 Å². The molecule has 0 aliphatic rings. The van der Waals surface area contributed by atoms with Crippen molar-refractivity contribution in [1.82, 2.24) is 0 Å². The molecule has 0 spiro atoms. The lowest BCUT2D eigenvalue weighted by atomic mass is 10.1. The normalized spacial score (nSPS) is 12.5. The molecular weight excluding hydrogens is 243 g/mol. The van der Waals surface area contributed by atoms with Crippen LogP contribution in [0.15, 0.2) is 34.9 Å². The maximum absolute atomic E-state index is 13.3. The Bertz CT molecular complexity index is 563. The summed E-state index contributed by atoms with van der Waals surface area (Å²) in [5.74, 6) is 0.639. The number of nitrogens with two attached hydrogens (primary N) is 1. The van der Waals surface area contributed by atoms with E-state index in [0.717, 1.165) is 22.6 Å². The number of furan rings is 1. The summed E-state index contributed by atoms with van der Waals surface area (Å²) < 4.78 is 18.6. The standard InChI is InChI=1S/C15H19FN2O/c1-10(17)14-8-13(16)4-5-15(14)18(3)9-12-6-7-19-11(12)2/h4-8,10H,9,17H2,1-3H3/t10-/m0/s1. The molecule has 2 rings (SSSR count). The van der Waals surface area contributed by atoms with Gasteiger partial charge in [-0.15, -0.1) is 0 Å². The van der Waals surface area contributed by atoms with E-state index in [2.05, 4.69) is 4.90 Å². The van der Waals surface area contributed by atoms with Crippen LogP contribution in [0.3, 0.4) is 0 Å². The van der Waals surface area contributed by atoms with Gasteiger partial charge in [-0.05, 0) is 43.7 Å². The fraction of sp³-hybridized carbons (Fsp3) is 0.333. The second kappa shape index (κ2) is 5.45. The van der Waals surface area contributed by atoms with E-state index < -0.39 is 0 Å². The molecule has 0 aliphatic carbocycles. The highest BCUT2D eigenvalue weighted by Gasteiger charge is 2.13. The van der Waals surface area contributed by atoms with Crippen molar-refractivity contribution in [1.29, 1.82) is 0 Å². The van der Waals surface area contributed by atoms with Gasteiger partial charge in [0.05, 0.1) is 6.26 Å². The minimum atomic E-state index is -0.260. The van der Waals surface area contributed by atoms with Gasteiger partial charge in [0, 0.05) is 30.9 Å². The van der Waals surface area contributed by atoms with Gasteiger partial charge in [0.1, 0.15) is 11.6 Å². The van der Waals surface area contributed by atoms with Gasteiger partial charge in [-0.25, -0.2) is 4.39 Å². The summed E-state index contributed by atoms with van der Waals surface area (Å²) in [5, 5.41) is 0. The molecule has 1 aromatic heterocycles. The molecule has 0 saturated carbocycles. The van der Waals surface area contributed by atoms with Gasteiger partial charge in [0.15, 0.2) is 0 Å². The summed E-state index contributed by atoms with van der Waals surface area (Å²) in [6.07, 6.45) is 1.68. The van der Waals surface area contributed by atoms with Crippen LogP contribution in [0.5, 0.6) is 0 Å². The molecule has 2 aromatic rings. The third-order valence-electron chi connectivity index (χ3n) is 3.27. The molecule has 0 saturated heterocycles. The second-order valence-corrected chi connectivity index (χ2v) is 4.85. The summed E-state index contributed by atoms with van der Waals surface area (Å²) in [4.78, 5) is 2.05. The minimum absolute atomic E-state index is 0.210. The fourth-order valence-electron chi connectivity index (χ4n) is 2.15. The molecular formula is C15H19FN2O. The summed E-state index contributed by atoms with van der Waals surface area (Å²) in [6, 6.07) is 6.46. The van der Waals surface area contributed by atoms with E-state index in [1.54, 1.807) is 12.3 Å². The third-order valence-corrected chi connectivity index (χ3v) is 3.27. The number of anilines is 1. The Morgan fingerprint density at radius 3 is 2.68 bits per heavy atom. The molecule has 0 unspecified atom stereocenters. The number of halogens is 1. The average molecular weight is 262 g/mol. The number of aryl methyl sites for hydroxylation is 1. The van der Waals surface area contributed by atoms with Crippen molar-refractivity contribution in [2.45, 2.75) is 26.4 Å². The van der Waals surface area contributed by atoms with Crippen molar-refractivity contribution in [2.24, 2.45) is 5.73 Å². The topological polar surface area (TPSA) is 42.4 Å². The lowest BCUT2D eigenvalue weighted by molar-refractivity contribution is 0.529. The van der Waals surface area contributed by atoms with Crippen LogP contribution in [0.1, 0.15) is 29.9 Å². The first kappa shape index (κ1) is 13.6. The zero-order chi connectivity index (χ0) is 14.0. The molecule has 102 valence electrons. The maximum atomic E-state index is 13.3. The van der Waals surface area contributed by atoms with Crippen molar-refractivity contribution >= 4 is 5.69 Å². The van der Waals surface area contributed by atoms with Crippen LogP contribution in [0, 0.1) is 12.7 Å². The van der Waals surface area contributed by atoms with E-state index in [-0.39, 0.29) is 11.9 Å². The molecule has 0 amide bonds. The number of hydrogen-bond donors (Lipinski definition) is 1. The smallest absolute Gasteiger partial charge is 0.123 e. The summed E-state index contributed by atoms with van der Waals surface area (Å²) >= 11 is 0. The Labute approximate surface area is 112 Å². The highest BCUT2D eigenvalue weighted by molar-refractivity contribution is 5.55. The molecule has 0 aliphatic heterocycles. The van der Waals surface area contributed by atoms with E-state index >= 15 is 0 Å². The third kappa shape index (κ3) is 2.96. The van der Waals surface area contributed by atoms with Crippen LogP contribution in [-0.2, 0) is 6.54 Å². The van der Waals surface area contributed by atoms with Gasteiger partial charge in [0.2, 0.25) is 0 Å². The molecule has 1 heterocycles. The van der Waals surface area contributed by atoms with Crippen LogP contribution in [0.25, 0.3) is 0 Å². The molecule has 1 aromatic carbocycles. The van der Waals surface area contributed by atoms with Crippen LogP contribution in [-0.4, -0.2) is 7.05 Å². The summed E-state index contributed by atoms with van der Waals surface area (Å²) in [5.41, 5.74) is 8.78. The number of benzene rings is 1. The SMILES string of the molecule is Cc1occc1CN(C)c1ccc(F)cc1[C@H](C)N. The zero-order valence-electron chi connectivity index (χ0n) is 11.5. The van der Waals surface area contributed by atoms with Gasteiger partial charge < -0.3 is 15.1 Å². The average Bonchev–Trinajstić information content (AvgIpc) is 2.74. The van der Waals surface area contributed by atoms with Crippen LogP contribution in [0.2, 0.25) is 0 Å². The molecule has 3 nitrogen and oxygen atoms in total. The van der Waals surface area contributed by atoms with Gasteiger partial charge >= 0.3 is 0 Å². The molecule has 0 bridgehead atoms. The van der Waals surface area contributed by atoms with E-state index in [1.807, 2.05) is 27.0 Å². The van der Waals surface area contributed by atoms with Gasteiger partial charge in [0.25, 0.3) is 0 Å². The lowest BCUT2D eigenvalue weighted by Crippen LogP contribution is -2.20. The lowest BCUT2D eigenvalue weighted by Gasteiger charge is -2.24. The summed E-state index contributed by atoms with van der Waals surface area (Å²) in [6.45, 7) is 4.49. The maximum Gasteiger partial charge on any atom is 0.123 e. The van der Waals surface area contributed by atoms with Gasteiger partial charge in [-0.3, -0.25) is 0 Å². The first-order valence-electron chi connectivity index (χ1n) is 6.28. The van der Waals surface area contributed by atoms with Crippen LogP contribution in [0.4, 0.5) is 10.1 Å². The first-order chi connectivity index (χ1) is 8.99. The molecule has 19 heavy (non-hydrogen) atoms. The van der Waals surface area contributed by atoms with Gasteiger partial charge in [-0.1, -0.05) is 0 Å². The highest BCUT2D eigenvalue weighted by Crippen LogP contribution is 2.27. The van der Waals surface area contributed by atoms with Crippen molar-refractivity contribution in [3.8, 4) is 0 Å². The van der Waals surface area contributed by atoms with Crippen molar-refractivity contribution in [3.05, 3.63) is 53.2 Å². The van der Waals surface area contributed by atoms with Crippen LogP contribution >= 0.6 is 0 Å². The highest BCUT2D eigenvalue weighted by atomic mass is 19.1. The van der Waals surface area contributed by atoms with E-state index in [1.165, 1.54) is 12.1 Å². The Morgan fingerprint density at radius 2 is 2.11 bits per heavy atom. The number of rotatable bonds is 4. The predicted octanol–water partition coefficient (Wildman–Crippen LogP) is 3.38. The Balaban J connectivity index is 2.28. The van der Waals surface area contributed by atoms with E-state index in [0.29, 0.717) is 6.54 Å². The number of hydrogen-bond acceptors (Lipinski definition) is 3. The predicted molar refractivity (Wildman–Crippen MR) is 74.6 cm³/mol. The van der Waals surface area contributed by atoms with Crippen molar-refractivity contribution in [3.63, 3.8) is 0 Å². The van der Waals surface area contributed by atoms with Crippen molar-refractivity contribution < 1.29 is 8.81 Å². The molecule has 0 fully saturated rings. The Morgan fingerprint density at radius 1 is 1.37 bits per heavy atom. The van der Waals surface area contributed by atoms with E-state index in [9.17, 15) is 4.39 Å². The van der Waals surface area contributed by atoms with Gasteiger partial charge in [-0.2, -0.15) is 0 Å². The number of nitrogens with zero attached hydrogens (tertiary/aromatic N) is 1. The fourth-order valence-corrected chi connectivity index (χ4v) is 2.15. The zero-order valence-corrected chi connectivity index (χ0v) is 11.5. The minimum Gasteiger partial charge on any atom is -0.469 e. The summed E-state index contributed by atoms with van der Waals surface area (Å²) in [7, 11) is 1.96. The largest absolute Gasteiger partial charge is 0.469 e. The van der Waals surface area contributed by atoms with E-state index in [4.69, 9.17) is 10.2 Å². The monoisotopic (exact) mass is 262 g/mol. The molecule has 1 atom stereocenters. The molecule has 4 heteroatoms. The first-order valence-corrected chi connectivity index (χ1v) is 6.28. The molecule has 2 N–H and O–H groups in total. The second-order valence-electron chi connectivity index (χ2n) is 4.85. The quantitative estimate of drug-likeness (QED) is 0.918.